The molecule has 3 rings (SSSR count). The Morgan fingerprint density at radius 3 is 2.72 bits per heavy atom. The van der Waals surface area contributed by atoms with Gasteiger partial charge in [0.15, 0.2) is 0 Å². The van der Waals surface area contributed by atoms with Gasteiger partial charge in [0, 0.05) is 38.8 Å². The molecule has 2 fully saturated rings. The highest BCUT2D eigenvalue weighted by Gasteiger charge is 2.42. The highest BCUT2D eigenvalue weighted by atomic mass is 16.3. The first-order valence-corrected chi connectivity index (χ1v) is 8.68. The summed E-state index contributed by atoms with van der Waals surface area (Å²) >= 11 is 0. The predicted octanol–water partition coefficient (Wildman–Crippen LogP) is -0.00450. The maximum Gasteiger partial charge on any atom is 0.263 e. The third kappa shape index (κ3) is 3.73. The number of carbonyl (C=O) groups is 2. The molecule has 1 unspecified atom stereocenters. The second kappa shape index (κ2) is 6.95. The number of hydrogen-bond donors (Lipinski definition) is 2. The van der Waals surface area contributed by atoms with Crippen LogP contribution in [-0.4, -0.2) is 69.0 Å². The van der Waals surface area contributed by atoms with Crippen LogP contribution in [0.15, 0.2) is 17.3 Å². The van der Waals surface area contributed by atoms with Crippen LogP contribution in [0.2, 0.25) is 0 Å². The molecule has 2 aliphatic heterocycles. The van der Waals surface area contributed by atoms with E-state index in [1.165, 1.54) is 12.5 Å². The van der Waals surface area contributed by atoms with Gasteiger partial charge in [-0.15, -0.1) is 0 Å². The van der Waals surface area contributed by atoms with Gasteiger partial charge in [0.2, 0.25) is 5.91 Å². The number of aromatic amines is 1. The number of nitrogens with one attached hydrogen (secondary N) is 1. The van der Waals surface area contributed by atoms with E-state index in [1.807, 2.05) is 0 Å². The number of aliphatic hydroxyl groups is 1. The van der Waals surface area contributed by atoms with E-state index in [2.05, 4.69) is 9.97 Å². The Morgan fingerprint density at radius 2 is 2.08 bits per heavy atom. The molecule has 136 valence electrons. The second-order valence-electron chi connectivity index (χ2n) is 7.21. The lowest BCUT2D eigenvalue weighted by molar-refractivity contribution is -0.140. The number of nitrogens with zero attached hydrogens (tertiary/aromatic N) is 3. The van der Waals surface area contributed by atoms with Gasteiger partial charge in [-0.3, -0.25) is 14.4 Å². The van der Waals surface area contributed by atoms with Crippen LogP contribution in [0.4, 0.5) is 0 Å². The van der Waals surface area contributed by atoms with Crippen molar-refractivity contribution in [2.75, 3.05) is 26.2 Å². The van der Waals surface area contributed by atoms with Crippen molar-refractivity contribution in [1.29, 1.82) is 0 Å². The largest absolute Gasteiger partial charge is 0.392 e. The lowest BCUT2D eigenvalue weighted by Crippen LogP contribution is -2.53. The smallest absolute Gasteiger partial charge is 0.263 e. The molecular formula is C17H24N4O4. The molecule has 2 amide bonds. The summed E-state index contributed by atoms with van der Waals surface area (Å²) < 4.78 is 0. The summed E-state index contributed by atoms with van der Waals surface area (Å²) in [6, 6.07) is 0. The number of amides is 2. The Morgan fingerprint density at radius 1 is 1.36 bits per heavy atom. The van der Waals surface area contributed by atoms with Gasteiger partial charge in [0.05, 0.1) is 12.4 Å². The van der Waals surface area contributed by atoms with Crippen LogP contribution in [0.25, 0.3) is 0 Å². The molecule has 25 heavy (non-hydrogen) atoms. The molecule has 1 spiro atoms. The monoisotopic (exact) mass is 348 g/mol. The number of piperidine rings is 2. The second-order valence-corrected chi connectivity index (χ2v) is 7.21. The first kappa shape index (κ1) is 17.6. The van der Waals surface area contributed by atoms with E-state index in [4.69, 9.17) is 0 Å². The topological polar surface area (TPSA) is 107 Å². The van der Waals surface area contributed by atoms with Crippen molar-refractivity contribution in [3.05, 3.63) is 28.4 Å². The average Bonchev–Trinajstić information content (AvgIpc) is 2.58. The number of H-pyrrole nitrogens is 1. The number of aromatic nitrogens is 2. The molecule has 1 atom stereocenters. The van der Waals surface area contributed by atoms with Crippen LogP contribution in [-0.2, 0) is 4.79 Å². The standard InChI is InChI=1S/C17H24N4O4/c1-12(22)9-21-10-17(3-2-14(21)23)4-6-20(7-5-17)16(25)13-8-18-11-19-15(13)24/h8,11-12,22H,2-7,9-10H2,1H3,(H,18,19,24). The molecule has 1 aromatic heterocycles. The summed E-state index contributed by atoms with van der Waals surface area (Å²) in [5, 5.41) is 9.59. The zero-order valence-electron chi connectivity index (χ0n) is 14.4. The molecule has 8 heteroatoms. The van der Waals surface area contributed by atoms with Crippen molar-refractivity contribution in [3.8, 4) is 0 Å². The van der Waals surface area contributed by atoms with Crippen molar-refractivity contribution in [2.24, 2.45) is 5.41 Å². The first-order chi connectivity index (χ1) is 11.9. The molecule has 0 saturated carbocycles. The quantitative estimate of drug-likeness (QED) is 0.799. The summed E-state index contributed by atoms with van der Waals surface area (Å²) in [7, 11) is 0. The fourth-order valence-corrected chi connectivity index (χ4v) is 3.85. The molecule has 3 heterocycles. The summed E-state index contributed by atoms with van der Waals surface area (Å²) in [4.78, 5) is 46.0. The molecule has 1 aromatic rings. The molecule has 0 radical (unpaired) electrons. The van der Waals surface area contributed by atoms with Gasteiger partial charge >= 0.3 is 0 Å². The van der Waals surface area contributed by atoms with Gasteiger partial charge in [-0.2, -0.15) is 0 Å². The van der Waals surface area contributed by atoms with Crippen LogP contribution in [0.3, 0.4) is 0 Å². The van der Waals surface area contributed by atoms with E-state index in [9.17, 15) is 19.5 Å². The fourth-order valence-electron chi connectivity index (χ4n) is 3.85. The van der Waals surface area contributed by atoms with Crippen molar-refractivity contribution < 1.29 is 14.7 Å². The van der Waals surface area contributed by atoms with Crippen LogP contribution in [0, 0.1) is 5.41 Å². The minimum absolute atomic E-state index is 0.000930. The molecule has 2 aliphatic rings. The van der Waals surface area contributed by atoms with E-state index in [-0.39, 0.29) is 22.8 Å². The number of β-amino-alcohol motifs (C(OH)–C–C–N with tert-alkyl or cyclic N) is 1. The lowest BCUT2D eigenvalue weighted by Gasteiger charge is -2.47. The predicted molar refractivity (Wildman–Crippen MR) is 89.9 cm³/mol. The number of hydrogen-bond acceptors (Lipinski definition) is 5. The van der Waals surface area contributed by atoms with E-state index >= 15 is 0 Å². The van der Waals surface area contributed by atoms with Crippen molar-refractivity contribution in [3.63, 3.8) is 0 Å². The Bertz CT molecular complexity index is 707. The molecule has 0 aromatic carbocycles. The van der Waals surface area contributed by atoms with E-state index in [1.54, 1.807) is 16.7 Å². The van der Waals surface area contributed by atoms with Crippen molar-refractivity contribution in [1.82, 2.24) is 19.8 Å². The van der Waals surface area contributed by atoms with Gasteiger partial charge in [-0.05, 0) is 31.6 Å². The Kier molecular flexibility index (Phi) is 4.89. The first-order valence-electron chi connectivity index (χ1n) is 8.68. The number of rotatable bonds is 3. The minimum atomic E-state index is -0.543. The fraction of sp³-hybridized carbons (Fsp3) is 0.647. The normalized spacial score (nSPS) is 21.4. The highest BCUT2D eigenvalue weighted by molar-refractivity contribution is 5.93. The van der Waals surface area contributed by atoms with Gasteiger partial charge < -0.3 is 19.9 Å². The molecule has 8 nitrogen and oxygen atoms in total. The van der Waals surface area contributed by atoms with Crippen molar-refractivity contribution in [2.45, 2.75) is 38.7 Å². The van der Waals surface area contributed by atoms with E-state index in [0.29, 0.717) is 32.6 Å². The van der Waals surface area contributed by atoms with Crippen molar-refractivity contribution >= 4 is 11.8 Å². The minimum Gasteiger partial charge on any atom is -0.392 e. The molecular weight excluding hydrogens is 324 g/mol. The Balaban J connectivity index is 1.65. The summed E-state index contributed by atoms with van der Waals surface area (Å²) in [5.74, 6) is -0.205. The number of aliphatic hydroxyl groups excluding tert-OH is 1. The van der Waals surface area contributed by atoms with E-state index in [0.717, 1.165) is 19.3 Å². The Labute approximate surface area is 145 Å². The maximum atomic E-state index is 12.5. The van der Waals surface area contributed by atoms with Crippen LogP contribution < -0.4 is 5.56 Å². The van der Waals surface area contributed by atoms with Crippen LogP contribution >= 0.6 is 0 Å². The van der Waals surface area contributed by atoms with Crippen LogP contribution in [0.1, 0.15) is 43.0 Å². The summed E-state index contributed by atoms with van der Waals surface area (Å²) in [6.45, 7) is 3.79. The zero-order valence-corrected chi connectivity index (χ0v) is 14.4. The average molecular weight is 348 g/mol. The summed E-state index contributed by atoms with van der Waals surface area (Å²) in [6.07, 6.45) is 4.91. The molecule has 0 aliphatic carbocycles. The number of carbonyl (C=O) groups excluding carboxylic acids is 2. The SMILES string of the molecule is CC(O)CN1CC2(CCC1=O)CCN(C(=O)c1cnc[nH]c1=O)CC2. The molecule has 0 bridgehead atoms. The van der Waals surface area contributed by atoms with Gasteiger partial charge in [0.25, 0.3) is 11.5 Å². The lowest BCUT2D eigenvalue weighted by atomic mass is 9.72. The number of likely N-dealkylation sites (tertiary alicyclic amines) is 2. The van der Waals surface area contributed by atoms with Gasteiger partial charge in [-0.1, -0.05) is 0 Å². The molecule has 2 N–H and O–H groups in total. The third-order valence-corrected chi connectivity index (χ3v) is 5.29. The van der Waals surface area contributed by atoms with Gasteiger partial charge in [-0.25, -0.2) is 4.98 Å². The van der Waals surface area contributed by atoms with Gasteiger partial charge in [0.1, 0.15) is 5.56 Å². The Hall–Kier alpha value is -2.22. The summed E-state index contributed by atoms with van der Waals surface area (Å²) in [5.41, 5.74) is -0.360. The van der Waals surface area contributed by atoms with E-state index < -0.39 is 11.7 Å². The third-order valence-electron chi connectivity index (χ3n) is 5.29. The molecule has 2 saturated heterocycles. The zero-order chi connectivity index (χ0) is 18.0. The maximum absolute atomic E-state index is 12.5. The van der Waals surface area contributed by atoms with Crippen LogP contribution in [0.5, 0.6) is 0 Å². The highest BCUT2D eigenvalue weighted by Crippen LogP contribution is 2.40.